The maximum absolute atomic E-state index is 11.7. The summed E-state index contributed by atoms with van der Waals surface area (Å²) in [6, 6.07) is 18.8. The van der Waals surface area contributed by atoms with Crippen LogP contribution in [0.4, 0.5) is 0 Å². The maximum Gasteiger partial charge on any atom is 0.331 e. The van der Waals surface area contributed by atoms with Crippen LogP contribution in [0.25, 0.3) is 5.70 Å². The summed E-state index contributed by atoms with van der Waals surface area (Å²) in [5, 5.41) is 9.62. The molecular formula is C29H38NO4+. The Hall–Kier alpha value is -2.89. The number of allylic oxidation sites excluding steroid dienone is 2. The number of nitrogens with zero attached hydrogens (tertiary/aromatic N) is 1. The van der Waals surface area contributed by atoms with Crippen molar-refractivity contribution in [1.29, 1.82) is 0 Å². The third-order valence-electron chi connectivity index (χ3n) is 6.24. The molecule has 0 aromatic heterocycles. The van der Waals surface area contributed by atoms with E-state index in [2.05, 4.69) is 50.2 Å². The molecule has 1 unspecified atom stereocenters. The number of quaternary nitrogens is 1. The molecule has 1 aliphatic heterocycles. The number of carboxylic acids is 1. The summed E-state index contributed by atoms with van der Waals surface area (Å²) in [5.41, 5.74) is 4.01. The van der Waals surface area contributed by atoms with Crippen LogP contribution < -0.4 is 4.74 Å². The molecule has 0 saturated heterocycles. The Balaban J connectivity index is 1.93. The van der Waals surface area contributed by atoms with Crippen molar-refractivity contribution in [3.63, 3.8) is 0 Å². The lowest BCUT2D eigenvalue weighted by Crippen LogP contribution is -2.47. The van der Waals surface area contributed by atoms with Crippen molar-refractivity contribution in [1.82, 2.24) is 0 Å². The van der Waals surface area contributed by atoms with Crippen molar-refractivity contribution in [3.05, 3.63) is 83.4 Å². The molecule has 0 amide bonds. The van der Waals surface area contributed by atoms with Gasteiger partial charge in [0.25, 0.3) is 0 Å². The van der Waals surface area contributed by atoms with Crippen molar-refractivity contribution in [2.75, 3.05) is 32.9 Å². The van der Waals surface area contributed by atoms with E-state index in [-0.39, 0.29) is 0 Å². The number of aliphatic carboxylic acids is 1. The Bertz CT molecular complexity index is 965. The van der Waals surface area contributed by atoms with Gasteiger partial charge in [-0.05, 0) is 49.6 Å². The van der Waals surface area contributed by atoms with Gasteiger partial charge >= 0.3 is 5.97 Å². The van der Waals surface area contributed by atoms with Gasteiger partial charge < -0.3 is 14.6 Å². The van der Waals surface area contributed by atoms with Gasteiger partial charge in [-0.1, -0.05) is 44.2 Å². The van der Waals surface area contributed by atoms with Crippen LogP contribution in [-0.4, -0.2) is 48.5 Å². The average Bonchev–Trinajstić information content (AvgIpc) is 2.83. The van der Waals surface area contributed by atoms with E-state index in [1.807, 2.05) is 24.3 Å². The molecule has 1 heterocycles. The first-order chi connectivity index (χ1) is 16.6. The lowest BCUT2D eigenvalue weighted by Gasteiger charge is -2.41. The minimum atomic E-state index is -0.830. The molecule has 182 valence electrons. The van der Waals surface area contributed by atoms with Gasteiger partial charge in [0.1, 0.15) is 24.6 Å². The SMILES string of the molecule is CCCOCCOc1ccc(C2=CC=C(C(=O)O)CCC[N+]2(CCC)Cc2ccccc2)cc1. The number of rotatable bonds is 12. The predicted molar refractivity (Wildman–Crippen MR) is 136 cm³/mol. The van der Waals surface area contributed by atoms with Crippen LogP contribution in [0, 0.1) is 0 Å². The Morgan fingerprint density at radius 2 is 1.71 bits per heavy atom. The molecule has 34 heavy (non-hydrogen) atoms. The molecule has 0 bridgehead atoms. The van der Waals surface area contributed by atoms with Gasteiger partial charge in [-0.2, -0.15) is 0 Å². The van der Waals surface area contributed by atoms with Gasteiger partial charge in [0.05, 0.1) is 19.7 Å². The molecule has 1 N–H and O–H groups in total. The number of carboxylic acid groups (broad SMARTS) is 1. The molecule has 0 aliphatic carbocycles. The monoisotopic (exact) mass is 464 g/mol. The predicted octanol–water partition coefficient (Wildman–Crippen LogP) is 6.06. The van der Waals surface area contributed by atoms with Gasteiger partial charge in [0, 0.05) is 35.8 Å². The molecule has 5 nitrogen and oxygen atoms in total. The highest BCUT2D eigenvalue weighted by atomic mass is 16.5. The topological polar surface area (TPSA) is 55.8 Å². The highest BCUT2D eigenvalue weighted by Crippen LogP contribution is 2.35. The van der Waals surface area contributed by atoms with E-state index in [9.17, 15) is 9.90 Å². The lowest BCUT2D eigenvalue weighted by atomic mass is 9.99. The van der Waals surface area contributed by atoms with Crippen LogP contribution in [0.3, 0.4) is 0 Å². The Morgan fingerprint density at radius 1 is 0.941 bits per heavy atom. The average molecular weight is 465 g/mol. The van der Waals surface area contributed by atoms with E-state index in [1.165, 1.54) is 5.56 Å². The molecule has 1 atom stereocenters. The van der Waals surface area contributed by atoms with Gasteiger partial charge in [-0.15, -0.1) is 0 Å². The largest absolute Gasteiger partial charge is 0.491 e. The van der Waals surface area contributed by atoms with Crippen LogP contribution in [0.2, 0.25) is 0 Å². The molecule has 0 saturated carbocycles. The van der Waals surface area contributed by atoms with Gasteiger partial charge in [-0.25, -0.2) is 4.79 Å². The molecule has 5 heteroatoms. The number of carbonyl (C=O) groups is 1. The first-order valence-electron chi connectivity index (χ1n) is 12.4. The number of hydrogen-bond acceptors (Lipinski definition) is 3. The van der Waals surface area contributed by atoms with Crippen LogP contribution in [0.1, 0.15) is 50.7 Å². The molecule has 2 aromatic carbocycles. The summed E-state index contributed by atoms with van der Waals surface area (Å²) in [4.78, 5) is 11.7. The summed E-state index contributed by atoms with van der Waals surface area (Å²) < 4.78 is 12.1. The van der Waals surface area contributed by atoms with Crippen LogP contribution >= 0.6 is 0 Å². The lowest BCUT2D eigenvalue weighted by molar-refractivity contribution is -0.873. The van der Waals surface area contributed by atoms with Gasteiger partial charge in [-0.3, -0.25) is 4.48 Å². The fraction of sp³-hybridized carbons (Fsp3) is 0.414. The quantitative estimate of drug-likeness (QED) is 0.306. The Kier molecular flexibility index (Phi) is 9.92. The molecule has 1 aliphatic rings. The smallest absolute Gasteiger partial charge is 0.331 e. The third kappa shape index (κ3) is 7.05. The van der Waals surface area contributed by atoms with Crippen molar-refractivity contribution >= 4 is 11.7 Å². The highest BCUT2D eigenvalue weighted by Gasteiger charge is 2.34. The van der Waals surface area contributed by atoms with E-state index in [4.69, 9.17) is 9.47 Å². The summed E-state index contributed by atoms with van der Waals surface area (Å²) >= 11 is 0. The zero-order valence-corrected chi connectivity index (χ0v) is 20.5. The second-order valence-corrected chi connectivity index (χ2v) is 8.87. The van der Waals surface area contributed by atoms with E-state index in [1.54, 1.807) is 6.08 Å². The van der Waals surface area contributed by atoms with E-state index in [0.717, 1.165) is 67.0 Å². The Morgan fingerprint density at radius 3 is 2.38 bits per heavy atom. The normalized spacial score (nSPS) is 18.4. The number of ether oxygens (including phenoxy) is 2. The fourth-order valence-electron chi connectivity index (χ4n) is 4.69. The second kappa shape index (κ2) is 13.1. The number of hydrogen-bond donors (Lipinski definition) is 1. The standard InChI is InChI=1S/C29H37NO4/c1-3-18-30(23-24-9-6-5-7-10-24)19-8-11-26(29(31)32)14-17-28(30)25-12-15-27(16-13-25)34-22-21-33-20-4-2/h5-7,9-10,12-17H,3-4,8,11,18-23H2,1-2H3/p+1. The minimum Gasteiger partial charge on any atom is -0.491 e. The second-order valence-electron chi connectivity index (χ2n) is 8.87. The van der Waals surface area contributed by atoms with E-state index < -0.39 is 5.97 Å². The van der Waals surface area contributed by atoms with Crippen LogP contribution in [0.15, 0.2) is 72.3 Å². The molecule has 0 radical (unpaired) electrons. The van der Waals surface area contributed by atoms with Crippen LogP contribution in [-0.2, 0) is 16.1 Å². The van der Waals surface area contributed by atoms with Crippen LogP contribution in [0.5, 0.6) is 5.75 Å². The third-order valence-corrected chi connectivity index (χ3v) is 6.24. The van der Waals surface area contributed by atoms with E-state index in [0.29, 0.717) is 25.2 Å². The molecule has 0 spiro atoms. The van der Waals surface area contributed by atoms with Gasteiger partial charge in [0.15, 0.2) is 0 Å². The maximum atomic E-state index is 11.7. The first kappa shape index (κ1) is 25.7. The molecule has 2 aromatic rings. The van der Waals surface area contributed by atoms with Gasteiger partial charge in [0.2, 0.25) is 0 Å². The number of benzene rings is 2. The molecule has 3 rings (SSSR count). The summed E-state index contributed by atoms with van der Waals surface area (Å²) in [6.07, 6.45) is 7.31. The zero-order chi connectivity index (χ0) is 24.2. The van der Waals surface area contributed by atoms with Crippen molar-refractivity contribution < 1.29 is 23.9 Å². The van der Waals surface area contributed by atoms with Crippen molar-refractivity contribution in [2.45, 2.75) is 46.1 Å². The Labute approximate surface area is 203 Å². The molecular weight excluding hydrogens is 426 g/mol. The summed E-state index contributed by atoms with van der Waals surface area (Å²) in [5.74, 6) is -0.0168. The first-order valence-corrected chi connectivity index (χ1v) is 12.4. The van der Waals surface area contributed by atoms with Crippen molar-refractivity contribution in [3.8, 4) is 5.75 Å². The van der Waals surface area contributed by atoms with Crippen molar-refractivity contribution in [2.24, 2.45) is 0 Å². The fourth-order valence-corrected chi connectivity index (χ4v) is 4.69. The van der Waals surface area contributed by atoms with E-state index >= 15 is 0 Å². The zero-order valence-electron chi connectivity index (χ0n) is 20.5. The summed E-state index contributed by atoms with van der Waals surface area (Å²) in [6.45, 7) is 8.93. The summed E-state index contributed by atoms with van der Waals surface area (Å²) in [7, 11) is 0. The minimum absolute atomic E-state index is 0.471. The highest BCUT2D eigenvalue weighted by molar-refractivity contribution is 5.87. The molecule has 0 fully saturated rings.